The van der Waals surface area contributed by atoms with Crippen LogP contribution < -0.4 is 10.5 Å². The summed E-state index contributed by atoms with van der Waals surface area (Å²) in [4.78, 5) is 0. The van der Waals surface area contributed by atoms with E-state index in [2.05, 4.69) is 19.1 Å². The molecule has 0 bridgehead atoms. The van der Waals surface area contributed by atoms with E-state index in [1.54, 1.807) is 0 Å². The quantitative estimate of drug-likeness (QED) is 0.752. The van der Waals surface area contributed by atoms with E-state index in [0.717, 1.165) is 12.2 Å². The summed E-state index contributed by atoms with van der Waals surface area (Å²) in [6.45, 7) is 3.37. The van der Waals surface area contributed by atoms with E-state index in [0.29, 0.717) is 13.2 Å². The fourth-order valence-electron chi connectivity index (χ4n) is 1.31. The Kier molecular flexibility index (Phi) is 5.08. The molecule has 0 aliphatic carbocycles. The van der Waals surface area contributed by atoms with Crippen molar-refractivity contribution in [3.8, 4) is 5.75 Å². The van der Waals surface area contributed by atoms with Gasteiger partial charge in [0.05, 0.1) is 0 Å². The second kappa shape index (κ2) is 6.44. The van der Waals surface area contributed by atoms with Gasteiger partial charge in [-0.15, -0.1) is 0 Å². The van der Waals surface area contributed by atoms with E-state index >= 15 is 0 Å². The van der Waals surface area contributed by atoms with Crippen molar-refractivity contribution < 1.29 is 4.74 Å². The first kappa shape index (κ1) is 11.1. The number of benzene rings is 1. The molecule has 2 nitrogen and oxygen atoms in total. The van der Waals surface area contributed by atoms with E-state index in [4.69, 9.17) is 10.5 Å². The minimum Gasteiger partial charge on any atom is -0.492 e. The molecule has 1 aromatic rings. The third-order valence-corrected chi connectivity index (χ3v) is 2.13. The van der Waals surface area contributed by atoms with Crippen LogP contribution in [0.3, 0.4) is 0 Å². The molecule has 2 heteroatoms. The van der Waals surface area contributed by atoms with Crippen LogP contribution >= 0.6 is 0 Å². The van der Waals surface area contributed by atoms with E-state index in [-0.39, 0.29) is 0 Å². The summed E-state index contributed by atoms with van der Waals surface area (Å²) in [6.07, 6.45) is 3.65. The molecule has 0 atom stereocenters. The molecule has 1 aromatic carbocycles. The lowest BCUT2D eigenvalue weighted by atomic mass is 10.1. The average Bonchev–Trinajstić information content (AvgIpc) is 2.25. The maximum absolute atomic E-state index is 5.39. The maximum Gasteiger partial charge on any atom is 0.119 e. The molecule has 0 amide bonds. The highest BCUT2D eigenvalue weighted by molar-refractivity contribution is 5.27. The topological polar surface area (TPSA) is 35.2 Å². The van der Waals surface area contributed by atoms with Gasteiger partial charge in [0, 0.05) is 6.54 Å². The Hall–Kier alpha value is -1.02. The van der Waals surface area contributed by atoms with Crippen LogP contribution in [-0.4, -0.2) is 13.2 Å². The van der Waals surface area contributed by atoms with Crippen LogP contribution in [0.25, 0.3) is 0 Å². The number of ether oxygens (including phenoxy) is 1. The zero-order valence-corrected chi connectivity index (χ0v) is 8.83. The van der Waals surface area contributed by atoms with Gasteiger partial charge in [-0.25, -0.2) is 0 Å². The minimum atomic E-state index is 0.567. The first-order valence-electron chi connectivity index (χ1n) is 5.28. The lowest BCUT2D eigenvalue weighted by Gasteiger charge is -2.05. The van der Waals surface area contributed by atoms with Crippen molar-refractivity contribution in [3.63, 3.8) is 0 Å². The van der Waals surface area contributed by atoms with E-state index in [1.807, 2.05) is 12.1 Å². The standard InChI is InChI=1S/C12H19NO/c1-2-3-4-11-5-7-12(8-6-11)14-10-9-13/h5-8H,2-4,9-10,13H2,1H3. The summed E-state index contributed by atoms with van der Waals surface area (Å²) in [6, 6.07) is 8.28. The Morgan fingerprint density at radius 3 is 2.50 bits per heavy atom. The zero-order chi connectivity index (χ0) is 10.2. The fourth-order valence-corrected chi connectivity index (χ4v) is 1.31. The summed E-state index contributed by atoms with van der Waals surface area (Å²) in [5.41, 5.74) is 6.73. The van der Waals surface area contributed by atoms with Gasteiger partial charge in [0.2, 0.25) is 0 Å². The van der Waals surface area contributed by atoms with Crippen molar-refractivity contribution >= 4 is 0 Å². The number of hydrogen-bond donors (Lipinski definition) is 1. The molecule has 0 aromatic heterocycles. The Labute approximate surface area is 86.1 Å². The number of rotatable bonds is 6. The van der Waals surface area contributed by atoms with Gasteiger partial charge in [0.15, 0.2) is 0 Å². The molecule has 2 N–H and O–H groups in total. The zero-order valence-electron chi connectivity index (χ0n) is 8.83. The summed E-state index contributed by atoms with van der Waals surface area (Å²) < 4.78 is 5.39. The number of unbranched alkanes of at least 4 members (excludes halogenated alkanes) is 1. The predicted octanol–water partition coefficient (Wildman–Crippen LogP) is 2.37. The SMILES string of the molecule is CCCCc1ccc(OCCN)cc1. The molecule has 0 saturated heterocycles. The molecule has 1 rings (SSSR count). The Morgan fingerprint density at radius 1 is 1.21 bits per heavy atom. The lowest BCUT2D eigenvalue weighted by molar-refractivity contribution is 0.328. The molecule has 0 heterocycles. The molecule has 0 aliphatic rings. The molecule has 0 radical (unpaired) electrons. The maximum atomic E-state index is 5.39. The minimum absolute atomic E-state index is 0.567. The third-order valence-electron chi connectivity index (χ3n) is 2.13. The Balaban J connectivity index is 2.42. The van der Waals surface area contributed by atoms with E-state index in [9.17, 15) is 0 Å². The highest BCUT2D eigenvalue weighted by Gasteiger charge is 1.94. The van der Waals surface area contributed by atoms with Crippen LogP contribution in [0.5, 0.6) is 5.75 Å². The lowest BCUT2D eigenvalue weighted by Crippen LogP contribution is -2.10. The molecule has 14 heavy (non-hydrogen) atoms. The highest BCUT2D eigenvalue weighted by Crippen LogP contribution is 2.13. The van der Waals surface area contributed by atoms with Crippen molar-refractivity contribution in [1.29, 1.82) is 0 Å². The molecule has 78 valence electrons. The van der Waals surface area contributed by atoms with Gasteiger partial charge in [-0.3, -0.25) is 0 Å². The van der Waals surface area contributed by atoms with E-state index < -0.39 is 0 Å². The fraction of sp³-hybridized carbons (Fsp3) is 0.500. The van der Waals surface area contributed by atoms with Crippen LogP contribution in [0.4, 0.5) is 0 Å². The predicted molar refractivity (Wildman–Crippen MR) is 59.6 cm³/mol. The highest BCUT2D eigenvalue weighted by atomic mass is 16.5. The van der Waals surface area contributed by atoms with Crippen molar-refractivity contribution in [2.24, 2.45) is 5.73 Å². The molecular weight excluding hydrogens is 174 g/mol. The van der Waals surface area contributed by atoms with E-state index in [1.165, 1.54) is 18.4 Å². The van der Waals surface area contributed by atoms with Crippen LogP contribution in [0.2, 0.25) is 0 Å². The van der Waals surface area contributed by atoms with Crippen molar-refractivity contribution in [2.75, 3.05) is 13.2 Å². The van der Waals surface area contributed by atoms with Crippen LogP contribution in [-0.2, 0) is 6.42 Å². The van der Waals surface area contributed by atoms with Gasteiger partial charge in [-0.1, -0.05) is 25.5 Å². The first-order valence-corrected chi connectivity index (χ1v) is 5.28. The van der Waals surface area contributed by atoms with Gasteiger partial charge in [0.25, 0.3) is 0 Å². The molecule has 0 fully saturated rings. The van der Waals surface area contributed by atoms with Gasteiger partial charge in [-0.05, 0) is 30.5 Å². The summed E-state index contributed by atoms with van der Waals surface area (Å²) >= 11 is 0. The molecule has 0 unspecified atom stereocenters. The van der Waals surface area contributed by atoms with Gasteiger partial charge in [-0.2, -0.15) is 0 Å². The second-order valence-electron chi connectivity index (χ2n) is 3.38. The summed E-state index contributed by atoms with van der Waals surface area (Å²) in [5, 5.41) is 0. The Bertz CT molecular complexity index is 216. The molecule has 0 spiro atoms. The molecule has 0 aliphatic heterocycles. The van der Waals surface area contributed by atoms with Crippen LogP contribution in [0.1, 0.15) is 25.3 Å². The number of aryl methyl sites for hydroxylation is 1. The normalized spacial score (nSPS) is 10.1. The average molecular weight is 193 g/mol. The summed E-state index contributed by atoms with van der Waals surface area (Å²) in [5.74, 6) is 0.913. The van der Waals surface area contributed by atoms with Gasteiger partial charge >= 0.3 is 0 Å². The van der Waals surface area contributed by atoms with Crippen LogP contribution in [0.15, 0.2) is 24.3 Å². The summed E-state index contributed by atoms with van der Waals surface area (Å²) in [7, 11) is 0. The molecule has 0 saturated carbocycles. The van der Waals surface area contributed by atoms with Gasteiger partial charge < -0.3 is 10.5 Å². The smallest absolute Gasteiger partial charge is 0.119 e. The monoisotopic (exact) mass is 193 g/mol. The second-order valence-corrected chi connectivity index (χ2v) is 3.38. The molecular formula is C12H19NO. The van der Waals surface area contributed by atoms with Crippen LogP contribution in [0, 0.1) is 0 Å². The number of hydrogen-bond acceptors (Lipinski definition) is 2. The van der Waals surface area contributed by atoms with Crippen molar-refractivity contribution in [1.82, 2.24) is 0 Å². The van der Waals surface area contributed by atoms with Gasteiger partial charge in [0.1, 0.15) is 12.4 Å². The Morgan fingerprint density at radius 2 is 1.93 bits per heavy atom. The number of nitrogens with two attached hydrogens (primary N) is 1. The van der Waals surface area contributed by atoms with Crippen molar-refractivity contribution in [2.45, 2.75) is 26.2 Å². The third kappa shape index (κ3) is 3.79. The van der Waals surface area contributed by atoms with Crippen molar-refractivity contribution in [3.05, 3.63) is 29.8 Å². The first-order chi connectivity index (χ1) is 6.86. The largest absolute Gasteiger partial charge is 0.492 e.